The van der Waals surface area contributed by atoms with Crippen LogP contribution in [0.25, 0.3) is 10.8 Å². The third-order valence-corrected chi connectivity index (χ3v) is 4.76. The van der Waals surface area contributed by atoms with Gasteiger partial charge < -0.3 is 9.80 Å². The van der Waals surface area contributed by atoms with Crippen molar-refractivity contribution in [2.45, 2.75) is 0 Å². The van der Waals surface area contributed by atoms with E-state index in [0.717, 1.165) is 32.6 Å². The van der Waals surface area contributed by atoms with Gasteiger partial charge in [0.25, 0.3) is 0 Å². The molecule has 0 aromatic heterocycles. The van der Waals surface area contributed by atoms with Gasteiger partial charge in [0, 0.05) is 43.7 Å². The Morgan fingerprint density at radius 2 is 1.60 bits per heavy atom. The lowest BCUT2D eigenvalue weighted by Gasteiger charge is -2.21. The van der Waals surface area contributed by atoms with Crippen LogP contribution in [0.4, 0.5) is 5.69 Å². The van der Waals surface area contributed by atoms with E-state index >= 15 is 0 Å². The lowest BCUT2D eigenvalue weighted by molar-refractivity contribution is -0.117. The zero-order valence-corrected chi connectivity index (χ0v) is 11.4. The van der Waals surface area contributed by atoms with Gasteiger partial charge in [-0.05, 0) is 22.9 Å². The van der Waals surface area contributed by atoms with Crippen LogP contribution < -0.4 is 4.90 Å². The van der Waals surface area contributed by atoms with Crippen molar-refractivity contribution < 1.29 is 4.79 Å². The first-order valence-corrected chi connectivity index (χ1v) is 7.26. The molecule has 2 heterocycles. The summed E-state index contributed by atoms with van der Waals surface area (Å²) in [5, 5.41) is 2.60. The third kappa shape index (κ3) is 1.85. The summed E-state index contributed by atoms with van der Waals surface area (Å²) in [7, 11) is 0. The molecule has 2 atom stereocenters. The van der Waals surface area contributed by atoms with Crippen LogP contribution in [-0.4, -0.2) is 37.5 Å². The molecule has 3 heteroatoms. The third-order valence-electron chi connectivity index (χ3n) is 4.76. The minimum Gasteiger partial charge on any atom is -0.371 e. The van der Waals surface area contributed by atoms with Gasteiger partial charge in [-0.15, -0.1) is 0 Å². The molecule has 0 saturated carbocycles. The molecule has 4 rings (SSSR count). The van der Waals surface area contributed by atoms with Crippen LogP contribution in [0.2, 0.25) is 0 Å². The lowest BCUT2D eigenvalue weighted by atomic mass is 10.0. The van der Waals surface area contributed by atoms with Gasteiger partial charge in [-0.25, -0.2) is 0 Å². The van der Waals surface area contributed by atoms with Crippen molar-refractivity contribution >= 4 is 22.9 Å². The molecule has 1 amide bonds. The monoisotopic (exact) mass is 266 g/mol. The smallest absolute Gasteiger partial charge is 0.209 e. The number of likely N-dealkylation sites (tertiary alicyclic amines) is 1. The predicted octanol–water partition coefficient (Wildman–Crippen LogP) is 2.36. The molecule has 0 bridgehead atoms. The first kappa shape index (κ1) is 11.8. The summed E-state index contributed by atoms with van der Waals surface area (Å²) in [6.07, 6.45) is 0.999. The molecule has 0 spiro atoms. The van der Waals surface area contributed by atoms with E-state index in [1.807, 2.05) is 4.90 Å². The molecule has 3 nitrogen and oxygen atoms in total. The van der Waals surface area contributed by atoms with Crippen LogP contribution in [0.3, 0.4) is 0 Å². The Hall–Kier alpha value is -2.03. The highest BCUT2D eigenvalue weighted by atomic mass is 16.1. The number of rotatable bonds is 2. The van der Waals surface area contributed by atoms with Gasteiger partial charge >= 0.3 is 0 Å². The van der Waals surface area contributed by atoms with Crippen LogP contribution >= 0.6 is 0 Å². The summed E-state index contributed by atoms with van der Waals surface area (Å²) < 4.78 is 0. The molecule has 2 aliphatic rings. The Labute approximate surface area is 118 Å². The minimum atomic E-state index is 0.645. The van der Waals surface area contributed by atoms with Crippen LogP contribution in [-0.2, 0) is 4.79 Å². The Kier molecular flexibility index (Phi) is 2.66. The molecule has 2 aromatic rings. The molecular weight excluding hydrogens is 248 g/mol. The van der Waals surface area contributed by atoms with Crippen molar-refractivity contribution in [1.29, 1.82) is 0 Å². The van der Waals surface area contributed by atoms with E-state index in [4.69, 9.17) is 0 Å². The standard InChI is InChI=1S/C17H18N2O/c20-12-18-8-15-10-19(11-16(15)9-18)17-6-5-13-3-1-2-4-14(13)7-17/h1-7,12,15-16H,8-11H2. The number of fused-ring (bicyclic) bond motifs is 2. The molecule has 0 N–H and O–H groups in total. The summed E-state index contributed by atoms with van der Waals surface area (Å²) >= 11 is 0. The van der Waals surface area contributed by atoms with E-state index in [1.165, 1.54) is 16.5 Å². The highest BCUT2D eigenvalue weighted by Crippen LogP contribution is 2.34. The molecular formula is C17H18N2O. The molecule has 2 fully saturated rings. The van der Waals surface area contributed by atoms with Crippen LogP contribution in [0.1, 0.15) is 0 Å². The molecule has 102 valence electrons. The van der Waals surface area contributed by atoms with Gasteiger partial charge in [-0.2, -0.15) is 0 Å². The van der Waals surface area contributed by atoms with Gasteiger partial charge in [0.15, 0.2) is 0 Å². The fraction of sp³-hybridized carbons (Fsp3) is 0.353. The molecule has 2 aromatic carbocycles. The minimum absolute atomic E-state index is 0.645. The average Bonchev–Trinajstić information content (AvgIpc) is 3.04. The van der Waals surface area contributed by atoms with E-state index in [0.29, 0.717) is 11.8 Å². The fourth-order valence-electron chi connectivity index (χ4n) is 3.70. The normalized spacial score (nSPS) is 25.2. The van der Waals surface area contributed by atoms with Gasteiger partial charge in [-0.1, -0.05) is 30.3 Å². The number of anilines is 1. The van der Waals surface area contributed by atoms with E-state index in [-0.39, 0.29) is 0 Å². The van der Waals surface area contributed by atoms with Crippen molar-refractivity contribution in [3.8, 4) is 0 Å². The zero-order chi connectivity index (χ0) is 13.5. The number of carbonyl (C=O) groups is 1. The van der Waals surface area contributed by atoms with E-state index in [2.05, 4.69) is 47.4 Å². The Bertz CT molecular complexity index is 640. The summed E-state index contributed by atoms with van der Waals surface area (Å²) in [5.41, 5.74) is 1.32. The van der Waals surface area contributed by atoms with Crippen molar-refractivity contribution in [2.24, 2.45) is 11.8 Å². The summed E-state index contributed by atoms with van der Waals surface area (Å²) in [5.74, 6) is 1.29. The Morgan fingerprint density at radius 1 is 0.900 bits per heavy atom. The van der Waals surface area contributed by atoms with Gasteiger partial charge in [-0.3, -0.25) is 4.79 Å². The molecule has 2 unspecified atom stereocenters. The summed E-state index contributed by atoms with van der Waals surface area (Å²) in [6.45, 7) is 4.01. The number of nitrogens with zero attached hydrogens (tertiary/aromatic N) is 2. The quantitative estimate of drug-likeness (QED) is 0.779. The van der Waals surface area contributed by atoms with Crippen molar-refractivity contribution in [2.75, 3.05) is 31.1 Å². The van der Waals surface area contributed by atoms with Gasteiger partial charge in [0.2, 0.25) is 6.41 Å². The van der Waals surface area contributed by atoms with Crippen molar-refractivity contribution in [3.63, 3.8) is 0 Å². The second kappa shape index (κ2) is 4.51. The van der Waals surface area contributed by atoms with E-state index in [1.54, 1.807) is 0 Å². The van der Waals surface area contributed by atoms with E-state index < -0.39 is 0 Å². The highest BCUT2D eigenvalue weighted by Gasteiger charge is 2.39. The maximum atomic E-state index is 10.8. The van der Waals surface area contributed by atoms with Crippen molar-refractivity contribution in [3.05, 3.63) is 42.5 Å². The maximum absolute atomic E-state index is 10.8. The largest absolute Gasteiger partial charge is 0.371 e. The second-order valence-electron chi connectivity index (χ2n) is 6.02. The van der Waals surface area contributed by atoms with E-state index in [9.17, 15) is 4.79 Å². The predicted molar refractivity (Wildman–Crippen MR) is 80.8 cm³/mol. The number of carbonyl (C=O) groups excluding carboxylic acids is 1. The average molecular weight is 266 g/mol. The number of hydrogen-bond acceptors (Lipinski definition) is 2. The fourth-order valence-corrected chi connectivity index (χ4v) is 3.70. The number of benzene rings is 2. The molecule has 0 aliphatic carbocycles. The summed E-state index contributed by atoms with van der Waals surface area (Å²) in [6, 6.07) is 15.2. The van der Waals surface area contributed by atoms with Crippen LogP contribution in [0, 0.1) is 11.8 Å². The number of hydrogen-bond donors (Lipinski definition) is 0. The van der Waals surface area contributed by atoms with Crippen LogP contribution in [0.5, 0.6) is 0 Å². The first-order valence-electron chi connectivity index (χ1n) is 7.26. The second-order valence-corrected chi connectivity index (χ2v) is 6.02. The molecule has 20 heavy (non-hydrogen) atoms. The Balaban J connectivity index is 1.58. The lowest BCUT2D eigenvalue weighted by Crippen LogP contribution is -2.27. The highest BCUT2D eigenvalue weighted by molar-refractivity contribution is 5.85. The first-order chi connectivity index (χ1) is 9.83. The van der Waals surface area contributed by atoms with Crippen LogP contribution in [0.15, 0.2) is 42.5 Å². The summed E-state index contributed by atoms with van der Waals surface area (Å²) in [4.78, 5) is 15.2. The maximum Gasteiger partial charge on any atom is 0.209 e. The number of amides is 1. The Morgan fingerprint density at radius 3 is 2.30 bits per heavy atom. The SMILES string of the molecule is O=CN1CC2CN(c3ccc4ccccc4c3)CC2C1. The molecule has 2 aliphatic heterocycles. The van der Waals surface area contributed by atoms with Crippen molar-refractivity contribution in [1.82, 2.24) is 4.90 Å². The van der Waals surface area contributed by atoms with Gasteiger partial charge in [0.1, 0.15) is 0 Å². The topological polar surface area (TPSA) is 23.6 Å². The molecule has 0 radical (unpaired) electrons. The molecule has 2 saturated heterocycles. The van der Waals surface area contributed by atoms with Gasteiger partial charge in [0.05, 0.1) is 0 Å². The zero-order valence-electron chi connectivity index (χ0n) is 11.4.